The number of aromatic nitrogens is 4. The van der Waals surface area contributed by atoms with Gasteiger partial charge in [-0.25, -0.2) is 4.98 Å². The quantitative estimate of drug-likeness (QED) is 0.844. The Kier molecular flexibility index (Phi) is 6.41. The zero-order valence-electron chi connectivity index (χ0n) is 13.2. The number of nitrogens with zero attached hydrogens (tertiary/aromatic N) is 5. The molecule has 0 fully saturated rings. The fourth-order valence-corrected chi connectivity index (χ4v) is 1.68. The second-order valence-electron chi connectivity index (χ2n) is 5.27. The second-order valence-corrected chi connectivity index (χ2v) is 5.27. The minimum Gasteiger partial charge on any atom is -0.258 e. The molecule has 0 aliphatic rings. The summed E-state index contributed by atoms with van der Waals surface area (Å²) in [7, 11) is 0. The van der Waals surface area contributed by atoms with Crippen molar-refractivity contribution in [3.63, 3.8) is 0 Å². The molecule has 0 saturated carbocycles. The molecule has 0 aliphatic carbocycles. The van der Waals surface area contributed by atoms with Crippen molar-refractivity contribution in [1.29, 1.82) is 5.26 Å². The summed E-state index contributed by atoms with van der Waals surface area (Å²) >= 11 is 0. The summed E-state index contributed by atoms with van der Waals surface area (Å²) in [6.45, 7) is 10.3. The molecule has 0 unspecified atom stereocenters. The van der Waals surface area contributed by atoms with Crippen LogP contribution in [0.2, 0.25) is 0 Å². The molecular weight excluding hydrogens is 262 g/mol. The molecule has 5 heteroatoms. The minimum absolute atomic E-state index is 0.370. The van der Waals surface area contributed by atoms with Gasteiger partial charge in [0.25, 0.3) is 0 Å². The smallest absolute Gasteiger partial charge is 0.158 e. The van der Waals surface area contributed by atoms with Crippen molar-refractivity contribution in [3.05, 3.63) is 47.6 Å². The van der Waals surface area contributed by atoms with E-state index in [2.05, 4.69) is 33.8 Å². The van der Waals surface area contributed by atoms with E-state index in [0.717, 1.165) is 17.1 Å². The van der Waals surface area contributed by atoms with Crippen molar-refractivity contribution in [2.45, 2.75) is 46.5 Å². The van der Waals surface area contributed by atoms with Gasteiger partial charge in [-0.15, -0.1) is 0 Å². The van der Waals surface area contributed by atoms with Gasteiger partial charge in [-0.1, -0.05) is 27.7 Å². The number of rotatable bonds is 2. The number of hydrogen-bond donors (Lipinski definition) is 0. The van der Waals surface area contributed by atoms with Gasteiger partial charge in [-0.05, 0) is 18.8 Å². The molecule has 0 radical (unpaired) electrons. The van der Waals surface area contributed by atoms with Crippen LogP contribution in [-0.4, -0.2) is 19.9 Å². The van der Waals surface area contributed by atoms with Crippen LogP contribution in [0.4, 0.5) is 0 Å². The van der Waals surface area contributed by atoms with Crippen molar-refractivity contribution in [3.8, 4) is 6.07 Å². The van der Waals surface area contributed by atoms with Crippen LogP contribution >= 0.6 is 0 Å². The summed E-state index contributed by atoms with van der Waals surface area (Å²) in [4.78, 5) is 16.3. The Hall–Kier alpha value is -2.35. The van der Waals surface area contributed by atoms with Crippen LogP contribution in [0.25, 0.3) is 0 Å². The van der Waals surface area contributed by atoms with Crippen LogP contribution in [0.1, 0.15) is 62.3 Å². The van der Waals surface area contributed by atoms with E-state index in [9.17, 15) is 0 Å². The summed E-state index contributed by atoms with van der Waals surface area (Å²) in [5.74, 6) is 0.851. The molecule has 0 N–H and O–H groups in total. The van der Waals surface area contributed by atoms with Crippen LogP contribution in [0.3, 0.4) is 0 Å². The van der Waals surface area contributed by atoms with Gasteiger partial charge in [-0.2, -0.15) is 5.26 Å². The van der Waals surface area contributed by atoms with Gasteiger partial charge in [0, 0.05) is 12.4 Å². The summed E-state index contributed by atoms with van der Waals surface area (Å²) in [5, 5.41) is 8.41. The molecule has 21 heavy (non-hydrogen) atoms. The Morgan fingerprint density at radius 1 is 0.905 bits per heavy atom. The predicted octanol–water partition coefficient (Wildman–Crippen LogP) is 3.38. The molecule has 2 rings (SSSR count). The van der Waals surface area contributed by atoms with Gasteiger partial charge in [0.2, 0.25) is 0 Å². The van der Waals surface area contributed by atoms with E-state index in [0.29, 0.717) is 17.5 Å². The SMILES string of the molecule is CC(C)c1cnc(C#N)cn1.Cc1nccnc1C(C)C. The lowest BCUT2D eigenvalue weighted by Gasteiger charge is -2.04. The lowest BCUT2D eigenvalue weighted by Crippen LogP contribution is -1.97. The molecule has 2 aromatic rings. The van der Waals surface area contributed by atoms with E-state index >= 15 is 0 Å². The topological polar surface area (TPSA) is 75.3 Å². The Bertz CT molecular complexity index is 597. The molecule has 0 saturated heterocycles. The summed E-state index contributed by atoms with van der Waals surface area (Å²) in [6.07, 6.45) is 6.60. The van der Waals surface area contributed by atoms with Crippen LogP contribution in [0, 0.1) is 18.3 Å². The number of aryl methyl sites for hydroxylation is 1. The fraction of sp³-hybridized carbons (Fsp3) is 0.438. The molecule has 0 atom stereocenters. The molecule has 5 nitrogen and oxygen atoms in total. The maximum Gasteiger partial charge on any atom is 0.158 e. The zero-order chi connectivity index (χ0) is 15.8. The monoisotopic (exact) mass is 283 g/mol. The Morgan fingerprint density at radius 2 is 1.57 bits per heavy atom. The average Bonchev–Trinajstić information content (AvgIpc) is 2.48. The van der Waals surface area contributed by atoms with E-state index in [-0.39, 0.29) is 0 Å². The molecule has 0 aromatic carbocycles. The highest BCUT2D eigenvalue weighted by Gasteiger charge is 2.03. The Morgan fingerprint density at radius 3 is 1.95 bits per heavy atom. The predicted molar refractivity (Wildman–Crippen MR) is 81.7 cm³/mol. The molecule has 2 aromatic heterocycles. The first-order valence-corrected chi connectivity index (χ1v) is 6.95. The van der Waals surface area contributed by atoms with Crippen molar-refractivity contribution in [2.75, 3.05) is 0 Å². The third-order valence-electron chi connectivity index (χ3n) is 2.84. The Balaban J connectivity index is 0.000000211. The highest BCUT2D eigenvalue weighted by molar-refractivity contribution is 5.17. The van der Waals surface area contributed by atoms with Crippen LogP contribution < -0.4 is 0 Å². The summed E-state index contributed by atoms with van der Waals surface area (Å²) in [6, 6.07) is 1.92. The third kappa shape index (κ3) is 5.27. The first-order valence-electron chi connectivity index (χ1n) is 6.95. The van der Waals surface area contributed by atoms with E-state index in [1.54, 1.807) is 18.6 Å². The van der Waals surface area contributed by atoms with E-state index < -0.39 is 0 Å². The molecular formula is C16H21N5. The van der Waals surface area contributed by atoms with Crippen LogP contribution in [0.5, 0.6) is 0 Å². The van der Waals surface area contributed by atoms with Gasteiger partial charge < -0.3 is 0 Å². The van der Waals surface area contributed by atoms with Crippen LogP contribution in [-0.2, 0) is 0 Å². The van der Waals surface area contributed by atoms with Gasteiger partial charge in [0.15, 0.2) is 5.69 Å². The highest BCUT2D eigenvalue weighted by atomic mass is 14.8. The molecule has 2 heterocycles. The fourth-order valence-electron chi connectivity index (χ4n) is 1.68. The highest BCUT2D eigenvalue weighted by Crippen LogP contribution is 2.12. The average molecular weight is 283 g/mol. The molecule has 0 aliphatic heterocycles. The third-order valence-corrected chi connectivity index (χ3v) is 2.84. The maximum atomic E-state index is 8.41. The zero-order valence-corrected chi connectivity index (χ0v) is 13.2. The van der Waals surface area contributed by atoms with Gasteiger partial charge >= 0.3 is 0 Å². The first kappa shape index (κ1) is 16.7. The number of nitriles is 1. The number of hydrogen-bond acceptors (Lipinski definition) is 5. The molecule has 0 bridgehead atoms. The lowest BCUT2D eigenvalue weighted by atomic mass is 10.1. The Labute approximate surface area is 126 Å². The van der Waals surface area contributed by atoms with Gasteiger partial charge in [0.1, 0.15) is 6.07 Å². The maximum absolute atomic E-state index is 8.41. The molecule has 0 amide bonds. The van der Waals surface area contributed by atoms with Crippen molar-refractivity contribution in [2.24, 2.45) is 0 Å². The van der Waals surface area contributed by atoms with E-state index in [1.807, 2.05) is 26.8 Å². The van der Waals surface area contributed by atoms with Crippen molar-refractivity contribution < 1.29 is 0 Å². The summed E-state index contributed by atoms with van der Waals surface area (Å²) < 4.78 is 0. The molecule has 110 valence electrons. The normalized spacial score (nSPS) is 10.0. The van der Waals surface area contributed by atoms with E-state index in [1.165, 1.54) is 6.20 Å². The van der Waals surface area contributed by atoms with Gasteiger partial charge in [-0.3, -0.25) is 15.0 Å². The minimum atomic E-state index is 0.370. The first-order chi connectivity index (χ1) is 9.95. The van der Waals surface area contributed by atoms with Crippen LogP contribution in [0.15, 0.2) is 24.8 Å². The second kappa shape index (κ2) is 8.05. The summed E-state index contributed by atoms with van der Waals surface area (Å²) in [5.41, 5.74) is 3.43. The van der Waals surface area contributed by atoms with E-state index in [4.69, 9.17) is 5.26 Å². The van der Waals surface area contributed by atoms with Gasteiger partial charge in [0.05, 0.1) is 29.5 Å². The molecule has 0 spiro atoms. The van der Waals surface area contributed by atoms with Crippen molar-refractivity contribution >= 4 is 0 Å². The standard InChI is InChI=1S/C8H9N3.C8H12N2/c1-6(2)8-5-10-7(3-9)4-11-8;1-6(2)8-7(3)9-4-5-10-8/h4-6H,1-2H3;4-6H,1-3H3. The lowest BCUT2D eigenvalue weighted by molar-refractivity contribution is 0.795. The van der Waals surface area contributed by atoms with Crippen molar-refractivity contribution in [1.82, 2.24) is 19.9 Å². The largest absolute Gasteiger partial charge is 0.258 e.